The monoisotopic (exact) mass is 886 g/mol. The molecule has 6 fully saturated rings. The summed E-state index contributed by atoms with van der Waals surface area (Å²) in [6.45, 7) is 7.96. The molecule has 14 atom stereocenters. The molecule has 5 N–H and O–H groups in total. The summed E-state index contributed by atoms with van der Waals surface area (Å²) in [7, 11) is 1.32. The second-order valence-corrected chi connectivity index (χ2v) is 19.5. The van der Waals surface area contributed by atoms with Crippen molar-refractivity contribution < 1.29 is 38.5 Å². The first-order chi connectivity index (χ1) is 31.3. The minimum Gasteiger partial charge on any atom is -0.465 e. The second-order valence-electron chi connectivity index (χ2n) is 19.5. The zero-order valence-corrected chi connectivity index (χ0v) is 37.5. The second kappa shape index (κ2) is 17.1. The number of carbonyl (C=O) groups is 4. The Kier molecular flexibility index (Phi) is 11.3. The van der Waals surface area contributed by atoms with Crippen LogP contribution in [0.4, 0.5) is 9.59 Å². The van der Waals surface area contributed by atoms with Gasteiger partial charge in [0, 0.05) is 35.6 Å². The first kappa shape index (κ1) is 43.0. The van der Waals surface area contributed by atoms with Crippen LogP contribution in [0.15, 0.2) is 48.8 Å². The van der Waals surface area contributed by atoms with Crippen molar-refractivity contribution in [3.8, 4) is 23.1 Å². The highest BCUT2D eigenvalue weighted by Gasteiger charge is 2.58. The van der Waals surface area contributed by atoms with Crippen LogP contribution in [0, 0.1) is 35.5 Å². The van der Waals surface area contributed by atoms with Crippen LogP contribution in [0.5, 0.6) is 0 Å². The quantitative estimate of drug-likeness (QED) is 0.116. The average Bonchev–Trinajstić information content (AvgIpc) is 3.87. The number of methoxy groups -OCH3 is 1. The Morgan fingerprint density at radius 2 is 1.25 bits per heavy atom. The maximum absolute atomic E-state index is 14.4. The van der Waals surface area contributed by atoms with Crippen molar-refractivity contribution in [2.24, 2.45) is 23.7 Å². The van der Waals surface area contributed by atoms with Crippen molar-refractivity contribution in [1.82, 2.24) is 40.4 Å². The summed E-state index contributed by atoms with van der Waals surface area (Å²) in [4.78, 5) is 73.5. The number of amides is 4. The predicted molar refractivity (Wildman–Crippen MR) is 238 cm³/mol. The molecule has 65 heavy (non-hydrogen) atoms. The number of rotatable bonds is 9. The van der Waals surface area contributed by atoms with E-state index in [0.29, 0.717) is 49.0 Å². The Labute approximate surface area is 377 Å². The molecule has 342 valence electrons. The van der Waals surface area contributed by atoms with Gasteiger partial charge in [-0.25, -0.2) is 19.6 Å². The number of nitrogens with zero attached hydrogens (tertiary/aromatic N) is 4. The number of aromatic amines is 2. The maximum atomic E-state index is 14.4. The Morgan fingerprint density at radius 3 is 1.83 bits per heavy atom. The minimum atomic E-state index is -1.20. The summed E-state index contributed by atoms with van der Waals surface area (Å²) in [5.74, 6) is 8.12. The third-order valence-electron chi connectivity index (χ3n) is 14.7. The first-order valence-electron chi connectivity index (χ1n) is 23.3. The molecule has 4 aromatic rings. The number of aromatic nitrogens is 4. The fourth-order valence-corrected chi connectivity index (χ4v) is 11.7. The normalized spacial score (nSPS) is 32.1. The van der Waals surface area contributed by atoms with E-state index in [1.807, 2.05) is 68.0 Å². The molecule has 2 saturated carbocycles. The molecular weight excluding hydrogens is 829 g/mol. The summed E-state index contributed by atoms with van der Waals surface area (Å²) in [6.07, 6.45) is 7.71. The SMILES string of the molecule is COC(=O)N[C@H](C(=O)N1[C@@H]2C[C@@H]2C[C@H]1c1nc(-c2ccc3cc(C#Cc4c[nH]c([C@@H]5C[C@H]6C[C@H]6N5C(=O)[C@@H](NC(=O)O)C5C[C@@H](C)O[C@@H](C)C5)n4)ccc3c2)c[nH]1)C1C[C@@H](C)O[C@@H](C)C1. The smallest absolute Gasteiger partial charge is 0.407 e. The van der Waals surface area contributed by atoms with Crippen molar-refractivity contribution in [2.45, 2.75) is 140 Å². The van der Waals surface area contributed by atoms with Gasteiger partial charge in [-0.1, -0.05) is 24.1 Å². The molecule has 16 nitrogen and oxygen atoms in total. The van der Waals surface area contributed by atoms with E-state index in [-0.39, 0.29) is 72.2 Å². The van der Waals surface area contributed by atoms with E-state index in [2.05, 4.69) is 44.6 Å². The van der Waals surface area contributed by atoms with Crippen LogP contribution in [0.25, 0.3) is 22.0 Å². The molecule has 6 heterocycles. The maximum Gasteiger partial charge on any atom is 0.407 e. The van der Waals surface area contributed by atoms with Gasteiger partial charge in [0.1, 0.15) is 29.4 Å². The first-order valence-corrected chi connectivity index (χ1v) is 23.3. The van der Waals surface area contributed by atoms with Crippen LogP contribution in [0.2, 0.25) is 0 Å². The number of hydrogen-bond acceptors (Lipinski definition) is 9. The Bertz CT molecular complexity index is 2540. The van der Waals surface area contributed by atoms with Crippen LogP contribution >= 0.6 is 0 Å². The third kappa shape index (κ3) is 8.68. The van der Waals surface area contributed by atoms with Gasteiger partial charge < -0.3 is 49.7 Å². The van der Waals surface area contributed by atoms with Gasteiger partial charge in [0.05, 0.1) is 49.3 Å². The molecule has 6 aliphatic rings. The van der Waals surface area contributed by atoms with E-state index < -0.39 is 24.3 Å². The van der Waals surface area contributed by atoms with E-state index >= 15 is 0 Å². The van der Waals surface area contributed by atoms with E-state index in [1.165, 1.54) is 7.11 Å². The Hall–Kier alpha value is -5.92. The van der Waals surface area contributed by atoms with Gasteiger partial charge in [0.25, 0.3) is 0 Å². The van der Waals surface area contributed by atoms with Crippen LogP contribution in [0.3, 0.4) is 0 Å². The van der Waals surface area contributed by atoms with Gasteiger partial charge >= 0.3 is 12.2 Å². The number of likely N-dealkylation sites (tertiary alicyclic amines) is 2. The van der Waals surface area contributed by atoms with Crippen LogP contribution < -0.4 is 10.6 Å². The summed E-state index contributed by atoms with van der Waals surface area (Å²) in [5.41, 5.74) is 3.12. The number of H-pyrrole nitrogens is 2. The van der Waals surface area contributed by atoms with E-state index in [4.69, 9.17) is 24.2 Å². The number of nitrogens with one attached hydrogen (secondary N) is 4. The van der Waals surface area contributed by atoms with Gasteiger partial charge in [0.15, 0.2) is 0 Å². The number of carbonyl (C=O) groups excluding carboxylic acids is 3. The predicted octanol–water partition coefficient (Wildman–Crippen LogP) is 6.44. The van der Waals surface area contributed by atoms with Gasteiger partial charge in [-0.15, -0.1) is 0 Å². The van der Waals surface area contributed by atoms with Crippen molar-refractivity contribution >= 4 is 34.8 Å². The van der Waals surface area contributed by atoms with E-state index in [9.17, 15) is 24.3 Å². The molecule has 4 aliphatic heterocycles. The van der Waals surface area contributed by atoms with Crippen LogP contribution in [0.1, 0.15) is 114 Å². The van der Waals surface area contributed by atoms with Gasteiger partial charge in [-0.05, 0) is 138 Å². The molecule has 4 saturated heterocycles. The molecule has 0 bridgehead atoms. The van der Waals surface area contributed by atoms with Crippen molar-refractivity contribution in [2.75, 3.05) is 7.11 Å². The highest BCUT2D eigenvalue weighted by atomic mass is 16.5. The van der Waals surface area contributed by atoms with Gasteiger partial charge in [0.2, 0.25) is 11.8 Å². The molecule has 0 radical (unpaired) electrons. The topological polar surface area (TPSA) is 204 Å². The number of alkyl carbamates (subject to hydrolysis) is 1. The fraction of sp³-hybridized carbons (Fsp3) is 0.551. The number of benzene rings is 2. The number of fused-ring (bicyclic) bond motifs is 3. The Morgan fingerprint density at radius 1 is 0.708 bits per heavy atom. The summed E-state index contributed by atoms with van der Waals surface area (Å²) in [5, 5.41) is 17.2. The van der Waals surface area contributed by atoms with Crippen molar-refractivity contribution in [3.63, 3.8) is 0 Å². The number of carboxylic acid groups (broad SMARTS) is 1. The molecule has 2 unspecified atom stereocenters. The molecule has 2 aliphatic carbocycles. The van der Waals surface area contributed by atoms with E-state index in [1.54, 1.807) is 6.20 Å². The highest BCUT2D eigenvalue weighted by Crippen LogP contribution is 2.55. The average molecular weight is 887 g/mol. The van der Waals surface area contributed by atoms with Crippen molar-refractivity contribution in [3.05, 3.63) is 71.7 Å². The zero-order chi connectivity index (χ0) is 45.3. The van der Waals surface area contributed by atoms with E-state index in [0.717, 1.165) is 59.1 Å². The lowest BCUT2D eigenvalue weighted by Gasteiger charge is -2.38. The highest BCUT2D eigenvalue weighted by molar-refractivity contribution is 5.89. The standard InChI is InChI=1S/C49H58N8O8/c1-24-12-34(13-25(2)64-24)42(54-48(60)61)46(58)56-38-18-32(38)20-40(56)44-50-22-36(52-44)11-7-28-6-8-30-17-31(10-9-29(30)16-28)37-23-51-45(53-37)41-21-33-19-39(33)57(41)47(59)43(55-49(62)63-5)35-14-26(3)65-27(4)15-35/h6,8-10,16-17,22-27,32-35,38-43,54H,12-15,18-21H2,1-5H3,(H,50,52)(H,51,53)(H,55,62)(H,60,61)/t24-,25+,26-,27+,32-,33-,34?,35?,38-,39-,40+,41+,42+,43+/m1/s1. The number of hydrogen-bond donors (Lipinski definition) is 5. The molecule has 2 aromatic carbocycles. The molecular formula is C49H58N8O8. The van der Waals surface area contributed by atoms with Gasteiger partial charge in [-0.3, -0.25) is 9.59 Å². The fourth-order valence-electron chi connectivity index (χ4n) is 11.7. The van der Waals surface area contributed by atoms with Crippen molar-refractivity contribution in [1.29, 1.82) is 0 Å². The minimum absolute atomic E-state index is 0.0191. The summed E-state index contributed by atoms with van der Waals surface area (Å²) in [6, 6.07) is 10.4. The number of piperidine rings is 2. The number of ether oxygens (including phenoxy) is 3. The number of imidazole rings is 2. The lowest BCUT2D eigenvalue weighted by Crippen LogP contribution is -2.55. The zero-order valence-electron chi connectivity index (χ0n) is 37.5. The van der Waals surface area contributed by atoms with Crippen LogP contribution in [-0.4, -0.2) is 115 Å². The molecule has 2 aromatic heterocycles. The van der Waals surface area contributed by atoms with Crippen LogP contribution in [-0.2, 0) is 23.8 Å². The largest absolute Gasteiger partial charge is 0.465 e. The molecule has 4 amide bonds. The summed E-state index contributed by atoms with van der Waals surface area (Å²) < 4.78 is 16.8. The Balaban J connectivity index is 0.821. The lowest BCUT2D eigenvalue weighted by molar-refractivity contribution is -0.140. The van der Waals surface area contributed by atoms with Gasteiger partial charge in [-0.2, -0.15) is 0 Å². The molecule has 16 heteroatoms. The summed E-state index contributed by atoms with van der Waals surface area (Å²) >= 11 is 0. The molecule has 0 spiro atoms. The third-order valence-corrected chi connectivity index (χ3v) is 14.7. The lowest BCUT2D eigenvalue weighted by atomic mass is 9.85. The molecule has 10 rings (SSSR count).